The SMILES string of the molecule is CC(C)(C)c1ccccc1-c1cc2ccccc2c[n+]1C(C)(C)C. The fourth-order valence-corrected chi connectivity index (χ4v) is 3.31. The fraction of sp³-hybridized carbons (Fsp3) is 0.348. The highest BCUT2D eigenvalue weighted by Crippen LogP contribution is 2.33. The number of aromatic nitrogens is 1. The topological polar surface area (TPSA) is 3.88 Å². The summed E-state index contributed by atoms with van der Waals surface area (Å²) >= 11 is 0. The monoisotopic (exact) mass is 318 g/mol. The lowest BCUT2D eigenvalue weighted by atomic mass is 9.82. The molecule has 1 heterocycles. The molecule has 124 valence electrons. The lowest BCUT2D eigenvalue weighted by molar-refractivity contribution is -0.743. The Balaban J connectivity index is 2.38. The van der Waals surface area contributed by atoms with Crippen molar-refractivity contribution < 1.29 is 4.57 Å². The molecular formula is C23H28N+. The maximum atomic E-state index is 2.42. The third-order valence-corrected chi connectivity index (χ3v) is 4.55. The smallest absolute Gasteiger partial charge is 0.193 e. The van der Waals surface area contributed by atoms with E-state index in [1.807, 2.05) is 0 Å². The van der Waals surface area contributed by atoms with Crippen molar-refractivity contribution in [1.82, 2.24) is 0 Å². The molecule has 1 heteroatoms. The van der Waals surface area contributed by atoms with Crippen molar-refractivity contribution in [3.8, 4) is 11.3 Å². The van der Waals surface area contributed by atoms with Gasteiger partial charge in [-0.05, 0) is 28.5 Å². The third-order valence-electron chi connectivity index (χ3n) is 4.55. The van der Waals surface area contributed by atoms with Crippen molar-refractivity contribution in [2.45, 2.75) is 52.5 Å². The van der Waals surface area contributed by atoms with Crippen molar-refractivity contribution in [1.29, 1.82) is 0 Å². The molecule has 0 aliphatic heterocycles. The van der Waals surface area contributed by atoms with Crippen LogP contribution in [0.25, 0.3) is 22.0 Å². The molecule has 3 rings (SSSR count). The van der Waals surface area contributed by atoms with Gasteiger partial charge in [0.05, 0.1) is 0 Å². The second kappa shape index (κ2) is 5.73. The van der Waals surface area contributed by atoms with E-state index in [4.69, 9.17) is 0 Å². The van der Waals surface area contributed by atoms with E-state index < -0.39 is 0 Å². The predicted molar refractivity (Wildman–Crippen MR) is 103 cm³/mol. The van der Waals surface area contributed by atoms with Crippen LogP contribution in [0.5, 0.6) is 0 Å². The molecule has 0 radical (unpaired) electrons. The molecule has 24 heavy (non-hydrogen) atoms. The van der Waals surface area contributed by atoms with E-state index in [1.54, 1.807) is 0 Å². The Bertz CT molecular complexity index is 876. The molecule has 0 spiro atoms. The van der Waals surface area contributed by atoms with Crippen LogP contribution in [0.2, 0.25) is 0 Å². The Morgan fingerprint density at radius 1 is 0.708 bits per heavy atom. The van der Waals surface area contributed by atoms with Gasteiger partial charge in [-0.2, -0.15) is 4.57 Å². The Labute approximate surface area is 146 Å². The lowest BCUT2D eigenvalue weighted by Gasteiger charge is -2.24. The number of fused-ring (bicyclic) bond motifs is 1. The van der Waals surface area contributed by atoms with E-state index in [2.05, 4.69) is 107 Å². The molecule has 0 unspecified atom stereocenters. The first-order valence-electron chi connectivity index (χ1n) is 8.73. The third kappa shape index (κ3) is 3.08. The summed E-state index contributed by atoms with van der Waals surface area (Å²) in [5.41, 5.74) is 4.12. The second-order valence-electron chi connectivity index (χ2n) is 8.62. The highest BCUT2D eigenvalue weighted by Gasteiger charge is 2.30. The highest BCUT2D eigenvalue weighted by atomic mass is 15.0. The van der Waals surface area contributed by atoms with Crippen LogP contribution < -0.4 is 4.57 Å². The van der Waals surface area contributed by atoms with Gasteiger partial charge in [-0.1, -0.05) is 57.2 Å². The molecule has 0 N–H and O–H groups in total. The summed E-state index contributed by atoms with van der Waals surface area (Å²) < 4.78 is 2.42. The molecule has 1 nitrogen and oxygen atoms in total. The highest BCUT2D eigenvalue weighted by molar-refractivity contribution is 5.84. The molecule has 0 aliphatic carbocycles. The van der Waals surface area contributed by atoms with Crippen molar-refractivity contribution >= 4 is 10.8 Å². The zero-order valence-corrected chi connectivity index (χ0v) is 15.7. The van der Waals surface area contributed by atoms with Crippen LogP contribution in [0.15, 0.2) is 60.8 Å². The average molecular weight is 318 g/mol. The molecule has 0 bridgehead atoms. The van der Waals surface area contributed by atoms with Crippen LogP contribution in [0.1, 0.15) is 47.1 Å². The first-order chi connectivity index (χ1) is 11.2. The minimum atomic E-state index is 0.0182. The summed E-state index contributed by atoms with van der Waals surface area (Å²) in [7, 11) is 0. The standard InChI is InChI=1S/C23H28N/c1-22(2,3)20-14-10-9-13-19(20)21-15-17-11-7-8-12-18(17)16-24(21)23(4,5)6/h7-16H,1-6H3/q+1. The summed E-state index contributed by atoms with van der Waals surface area (Å²) in [4.78, 5) is 0. The minimum absolute atomic E-state index is 0.0182. The first-order valence-corrected chi connectivity index (χ1v) is 8.73. The zero-order chi connectivity index (χ0) is 17.5. The predicted octanol–water partition coefficient (Wildman–Crippen LogP) is 5.85. The summed E-state index contributed by atoms with van der Waals surface area (Å²) in [5.74, 6) is 0. The fourth-order valence-electron chi connectivity index (χ4n) is 3.31. The Morgan fingerprint density at radius 2 is 1.29 bits per heavy atom. The van der Waals surface area contributed by atoms with Gasteiger partial charge in [-0.15, -0.1) is 0 Å². The summed E-state index contributed by atoms with van der Waals surface area (Å²) in [5, 5.41) is 2.57. The minimum Gasteiger partial charge on any atom is -0.193 e. The first kappa shape index (κ1) is 16.7. The van der Waals surface area contributed by atoms with Gasteiger partial charge in [0, 0.05) is 37.8 Å². The van der Waals surface area contributed by atoms with E-state index in [0.717, 1.165) is 0 Å². The van der Waals surface area contributed by atoms with E-state index in [9.17, 15) is 0 Å². The van der Waals surface area contributed by atoms with Gasteiger partial charge in [-0.3, -0.25) is 0 Å². The molecule has 2 aromatic carbocycles. The normalized spacial score (nSPS) is 12.6. The summed E-state index contributed by atoms with van der Waals surface area (Å²) in [6.07, 6.45) is 2.30. The van der Waals surface area contributed by atoms with Gasteiger partial charge >= 0.3 is 0 Å². The molecular weight excluding hydrogens is 290 g/mol. The summed E-state index contributed by atoms with van der Waals surface area (Å²) in [6, 6.07) is 19.8. The molecule has 0 saturated carbocycles. The van der Waals surface area contributed by atoms with Crippen molar-refractivity contribution in [2.75, 3.05) is 0 Å². The van der Waals surface area contributed by atoms with Gasteiger partial charge in [-0.25, -0.2) is 0 Å². The Kier molecular flexibility index (Phi) is 3.99. The maximum Gasteiger partial charge on any atom is 0.213 e. The van der Waals surface area contributed by atoms with Gasteiger partial charge < -0.3 is 0 Å². The van der Waals surface area contributed by atoms with Crippen molar-refractivity contribution in [3.63, 3.8) is 0 Å². The van der Waals surface area contributed by atoms with Gasteiger partial charge in [0.2, 0.25) is 5.69 Å². The molecule has 0 fully saturated rings. The average Bonchev–Trinajstić information content (AvgIpc) is 2.52. The van der Waals surface area contributed by atoms with E-state index >= 15 is 0 Å². The lowest BCUT2D eigenvalue weighted by Crippen LogP contribution is -2.51. The number of nitrogens with zero attached hydrogens (tertiary/aromatic N) is 1. The van der Waals surface area contributed by atoms with Crippen LogP contribution in [0.3, 0.4) is 0 Å². The Morgan fingerprint density at radius 3 is 1.92 bits per heavy atom. The van der Waals surface area contributed by atoms with Gasteiger partial charge in [0.15, 0.2) is 11.7 Å². The van der Waals surface area contributed by atoms with Crippen LogP contribution >= 0.6 is 0 Å². The number of rotatable bonds is 1. The zero-order valence-electron chi connectivity index (χ0n) is 15.7. The molecule has 1 aromatic heterocycles. The molecule has 0 saturated heterocycles. The second-order valence-corrected chi connectivity index (χ2v) is 8.62. The van der Waals surface area contributed by atoms with Gasteiger partial charge in [0.1, 0.15) is 0 Å². The summed E-state index contributed by atoms with van der Waals surface area (Å²) in [6.45, 7) is 13.7. The number of pyridine rings is 1. The van der Waals surface area contributed by atoms with Crippen molar-refractivity contribution in [2.24, 2.45) is 0 Å². The largest absolute Gasteiger partial charge is 0.213 e. The number of hydrogen-bond acceptors (Lipinski definition) is 0. The van der Waals surface area contributed by atoms with Crippen molar-refractivity contribution in [3.05, 3.63) is 66.4 Å². The van der Waals surface area contributed by atoms with Crippen LogP contribution in [-0.2, 0) is 11.0 Å². The van der Waals surface area contributed by atoms with E-state index in [-0.39, 0.29) is 11.0 Å². The molecule has 3 aromatic rings. The maximum absolute atomic E-state index is 2.42. The quantitative estimate of drug-likeness (QED) is 0.496. The Hall–Kier alpha value is -2.15. The van der Waals surface area contributed by atoms with Crippen LogP contribution in [0, 0.1) is 0 Å². The van der Waals surface area contributed by atoms with Gasteiger partial charge in [0.25, 0.3) is 0 Å². The van der Waals surface area contributed by atoms with E-state index in [1.165, 1.54) is 27.6 Å². The molecule has 0 atom stereocenters. The molecule has 0 amide bonds. The van der Waals surface area contributed by atoms with Crippen LogP contribution in [0.4, 0.5) is 0 Å². The van der Waals surface area contributed by atoms with E-state index in [0.29, 0.717) is 0 Å². The number of hydrogen-bond donors (Lipinski definition) is 0. The molecule has 0 aliphatic rings. The van der Waals surface area contributed by atoms with Crippen LogP contribution in [-0.4, -0.2) is 0 Å². The number of benzene rings is 2.